The number of esters is 1. The Morgan fingerprint density at radius 2 is 1.58 bits per heavy atom. The summed E-state index contributed by atoms with van der Waals surface area (Å²) < 4.78 is 5.94. The van der Waals surface area contributed by atoms with E-state index in [1.165, 1.54) is 18.4 Å². The molecule has 1 amide bonds. The summed E-state index contributed by atoms with van der Waals surface area (Å²) >= 11 is 1.35. The van der Waals surface area contributed by atoms with E-state index in [1.54, 1.807) is 11.5 Å². The molecule has 0 aliphatic heterocycles. The molecule has 0 saturated heterocycles. The number of thiophene rings is 1. The van der Waals surface area contributed by atoms with Gasteiger partial charge in [-0.25, -0.2) is 5.48 Å². The molecule has 0 aliphatic carbocycles. The van der Waals surface area contributed by atoms with Gasteiger partial charge in [-0.2, -0.15) is 0 Å². The molecular formula is C25H31N3O4S. The topological polar surface area (TPSA) is 99.7 Å². The molecule has 0 bridgehead atoms. The number of rotatable bonds is 9. The molecule has 0 fully saturated rings. The Labute approximate surface area is 198 Å². The average Bonchev–Trinajstić information content (AvgIpc) is 3.22. The molecule has 2 aromatic carbocycles. The highest BCUT2D eigenvalue weighted by Crippen LogP contribution is 2.26. The molecule has 1 atom stereocenters. The molecule has 4 N–H and O–H groups in total. The zero-order valence-corrected chi connectivity index (χ0v) is 20.2. The highest BCUT2D eigenvalue weighted by atomic mass is 32.1. The molecule has 7 nitrogen and oxygen atoms in total. The van der Waals surface area contributed by atoms with Crippen molar-refractivity contribution in [3.05, 3.63) is 70.1 Å². The molecule has 3 rings (SSSR count). The van der Waals surface area contributed by atoms with E-state index in [1.807, 2.05) is 32.9 Å². The molecule has 1 heterocycles. The fourth-order valence-corrected chi connectivity index (χ4v) is 4.58. The van der Waals surface area contributed by atoms with Crippen LogP contribution in [0.2, 0.25) is 0 Å². The third-order valence-corrected chi connectivity index (χ3v) is 6.50. The number of hydrogen-bond donors (Lipinski definition) is 4. The smallest absolute Gasteiger partial charge is 0.323 e. The number of fused-ring (bicyclic) bond motifs is 1. The zero-order valence-electron chi connectivity index (χ0n) is 19.4. The van der Waals surface area contributed by atoms with Gasteiger partial charge in [0.2, 0.25) is 0 Å². The SMILES string of the molecule is COC(=O)[C@@H](NCc1ccc(CNCc2ccc3cc(C(=O)NO)sc3c2)cc1)C(C)(C)C. The Kier molecular flexibility index (Phi) is 8.20. The van der Waals surface area contributed by atoms with Crippen molar-refractivity contribution in [2.45, 2.75) is 46.4 Å². The third kappa shape index (κ3) is 6.61. The van der Waals surface area contributed by atoms with Crippen LogP contribution < -0.4 is 16.1 Å². The molecular weight excluding hydrogens is 438 g/mol. The number of hydrogen-bond acceptors (Lipinski definition) is 7. The van der Waals surface area contributed by atoms with E-state index in [4.69, 9.17) is 9.94 Å². The molecule has 3 aromatic rings. The Morgan fingerprint density at radius 3 is 2.18 bits per heavy atom. The monoisotopic (exact) mass is 469 g/mol. The maximum absolute atomic E-state index is 12.1. The van der Waals surface area contributed by atoms with E-state index < -0.39 is 5.91 Å². The van der Waals surface area contributed by atoms with Crippen LogP contribution in [0, 0.1) is 5.41 Å². The van der Waals surface area contributed by atoms with E-state index in [-0.39, 0.29) is 17.4 Å². The summed E-state index contributed by atoms with van der Waals surface area (Å²) in [5.41, 5.74) is 4.82. The predicted octanol–water partition coefficient (Wildman–Crippen LogP) is 3.99. The van der Waals surface area contributed by atoms with Crippen molar-refractivity contribution < 1.29 is 19.5 Å². The number of hydroxylamine groups is 1. The Bertz CT molecular complexity index is 1100. The average molecular weight is 470 g/mol. The van der Waals surface area contributed by atoms with Gasteiger partial charge in [0.1, 0.15) is 6.04 Å². The minimum Gasteiger partial charge on any atom is -0.468 e. The van der Waals surface area contributed by atoms with Gasteiger partial charge in [0.05, 0.1) is 12.0 Å². The van der Waals surface area contributed by atoms with Crippen molar-refractivity contribution in [1.82, 2.24) is 16.1 Å². The molecule has 176 valence electrons. The van der Waals surface area contributed by atoms with Crippen LogP contribution in [0.1, 0.15) is 47.1 Å². The van der Waals surface area contributed by atoms with Gasteiger partial charge in [-0.3, -0.25) is 20.1 Å². The summed E-state index contributed by atoms with van der Waals surface area (Å²) in [6.45, 7) is 8.04. The van der Waals surface area contributed by atoms with Crippen LogP contribution in [0.4, 0.5) is 0 Å². The van der Waals surface area contributed by atoms with Crippen LogP contribution in [-0.2, 0) is 29.2 Å². The van der Waals surface area contributed by atoms with Crippen LogP contribution in [0.15, 0.2) is 48.5 Å². The van der Waals surface area contributed by atoms with E-state index in [0.717, 1.165) is 33.3 Å². The molecule has 1 aromatic heterocycles. The minimum atomic E-state index is -0.492. The van der Waals surface area contributed by atoms with Gasteiger partial charge >= 0.3 is 5.97 Å². The number of ether oxygens (including phenoxy) is 1. The van der Waals surface area contributed by atoms with E-state index in [2.05, 4.69) is 41.0 Å². The van der Waals surface area contributed by atoms with Crippen molar-refractivity contribution in [3.63, 3.8) is 0 Å². The zero-order chi connectivity index (χ0) is 24.0. The number of amides is 1. The van der Waals surface area contributed by atoms with Gasteiger partial charge in [0.25, 0.3) is 5.91 Å². The summed E-state index contributed by atoms with van der Waals surface area (Å²) in [6.07, 6.45) is 0. The second-order valence-electron chi connectivity index (χ2n) is 9.05. The van der Waals surface area contributed by atoms with E-state index >= 15 is 0 Å². The largest absolute Gasteiger partial charge is 0.468 e. The number of benzene rings is 2. The van der Waals surface area contributed by atoms with Crippen LogP contribution in [0.3, 0.4) is 0 Å². The molecule has 0 unspecified atom stereocenters. The molecule has 8 heteroatoms. The molecule has 33 heavy (non-hydrogen) atoms. The number of carbonyl (C=O) groups excluding carboxylic acids is 2. The summed E-state index contributed by atoms with van der Waals surface area (Å²) in [6, 6.07) is 15.8. The van der Waals surface area contributed by atoms with Gasteiger partial charge in [-0.1, -0.05) is 57.2 Å². The summed E-state index contributed by atoms with van der Waals surface area (Å²) in [5.74, 6) is -0.745. The van der Waals surface area contributed by atoms with Gasteiger partial charge in [0.15, 0.2) is 0 Å². The lowest BCUT2D eigenvalue weighted by Crippen LogP contribution is -2.46. The maximum atomic E-state index is 12.1. The van der Waals surface area contributed by atoms with E-state index in [0.29, 0.717) is 18.0 Å². The van der Waals surface area contributed by atoms with Crippen LogP contribution in [-0.4, -0.2) is 30.2 Å². The second kappa shape index (κ2) is 10.9. The fourth-order valence-electron chi connectivity index (χ4n) is 3.56. The second-order valence-corrected chi connectivity index (χ2v) is 10.1. The van der Waals surface area contributed by atoms with Crippen molar-refractivity contribution in [2.75, 3.05) is 7.11 Å². The van der Waals surface area contributed by atoms with Crippen LogP contribution in [0.25, 0.3) is 10.1 Å². The number of nitrogens with one attached hydrogen (secondary N) is 3. The standard InChI is InChI=1S/C25H31N3O4S/c1-25(2,3)22(24(30)32-4)27-15-17-7-5-16(6-8-17)13-26-14-18-9-10-19-12-21(23(29)28-31)33-20(19)11-18/h5-12,22,26-27,31H,13-15H2,1-4H3,(H,28,29)/t22-/m1/s1. The normalized spacial score (nSPS) is 12.5. The first kappa shape index (κ1) is 24.9. The van der Waals surface area contributed by atoms with Crippen molar-refractivity contribution in [2.24, 2.45) is 5.41 Å². The Morgan fingerprint density at radius 1 is 0.970 bits per heavy atom. The molecule has 0 aliphatic rings. The first-order valence-electron chi connectivity index (χ1n) is 10.8. The summed E-state index contributed by atoms with van der Waals surface area (Å²) in [7, 11) is 1.41. The van der Waals surface area contributed by atoms with Crippen molar-refractivity contribution in [3.8, 4) is 0 Å². The third-order valence-electron chi connectivity index (χ3n) is 5.40. The number of carbonyl (C=O) groups is 2. The van der Waals surface area contributed by atoms with Gasteiger partial charge in [0, 0.05) is 24.3 Å². The first-order chi connectivity index (χ1) is 15.7. The summed E-state index contributed by atoms with van der Waals surface area (Å²) in [4.78, 5) is 24.1. The first-order valence-corrected chi connectivity index (χ1v) is 11.6. The van der Waals surface area contributed by atoms with Gasteiger partial charge in [-0.05, 0) is 39.6 Å². The highest BCUT2D eigenvalue weighted by molar-refractivity contribution is 7.20. The predicted molar refractivity (Wildman–Crippen MR) is 130 cm³/mol. The minimum absolute atomic E-state index is 0.240. The quantitative estimate of drug-likeness (QED) is 0.215. The lowest BCUT2D eigenvalue weighted by Gasteiger charge is -2.29. The van der Waals surface area contributed by atoms with E-state index in [9.17, 15) is 9.59 Å². The fraction of sp³-hybridized carbons (Fsp3) is 0.360. The number of methoxy groups -OCH3 is 1. The summed E-state index contributed by atoms with van der Waals surface area (Å²) in [5, 5.41) is 16.5. The van der Waals surface area contributed by atoms with Crippen molar-refractivity contribution >= 4 is 33.3 Å². The molecule has 0 saturated carbocycles. The Hall–Kier alpha value is -2.78. The molecule has 0 spiro atoms. The molecule has 0 radical (unpaired) electrons. The lowest BCUT2D eigenvalue weighted by molar-refractivity contribution is -0.146. The highest BCUT2D eigenvalue weighted by Gasteiger charge is 2.31. The van der Waals surface area contributed by atoms with Gasteiger partial charge in [-0.15, -0.1) is 11.3 Å². The lowest BCUT2D eigenvalue weighted by atomic mass is 9.86. The van der Waals surface area contributed by atoms with Crippen molar-refractivity contribution in [1.29, 1.82) is 0 Å². The Balaban J connectivity index is 1.52. The van der Waals surface area contributed by atoms with Crippen LogP contribution in [0.5, 0.6) is 0 Å². The van der Waals surface area contributed by atoms with Gasteiger partial charge < -0.3 is 10.1 Å². The maximum Gasteiger partial charge on any atom is 0.323 e. The van der Waals surface area contributed by atoms with Crippen LogP contribution >= 0.6 is 11.3 Å².